The molecule has 0 bridgehead atoms. The van der Waals surface area contributed by atoms with E-state index in [1.54, 1.807) is 11.9 Å². The predicted octanol–water partition coefficient (Wildman–Crippen LogP) is 1.46. The summed E-state index contributed by atoms with van der Waals surface area (Å²) in [7, 11) is 1.75. The standard InChI is InChI=1S/C13H26N4O2/c1-13(2,3)19-12(18)16(4)8-10-6-5-7-17(9-10)11(14)15/h10H,5-9H2,1-4H3,(H3,14,15). The molecule has 19 heavy (non-hydrogen) atoms. The van der Waals surface area contributed by atoms with E-state index >= 15 is 0 Å². The number of nitrogens with one attached hydrogen (secondary N) is 1. The normalized spacial score (nSPS) is 20.0. The van der Waals surface area contributed by atoms with Crippen molar-refractivity contribution in [2.24, 2.45) is 11.7 Å². The van der Waals surface area contributed by atoms with Crippen molar-refractivity contribution in [3.05, 3.63) is 0 Å². The van der Waals surface area contributed by atoms with E-state index in [0.29, 0.717) is 12.5 Å². The van der Waals surface area contributed by atoms with Crippen LogP contribution in [0.5, 0.6) is 0 Å². The number of amides is 1. The molecule has 3 N–H and O–H groups in total. The van der Waals surface area contributed by atoms with Crippen molar-refractivity contribution in [1.82, 2.24) is 9.80 Å². The molecule has 1 rings (SSSR count). The summed E-state index contributed by atoms with van der Waals surface area (Å²) in [5.41, 5.74) is 5.04. The first kappa shape index (κ1) is 15.6. The highest BCUT2D eigenvalue weighted by atomic mass is 16.6. The number of piperidine rings is 1. The second kappa shape index (κ2) is 6.12. The van der Waals surface area contributed by atoms with Gasteiger partial charge in [0.2, 0.25) is 0 Å². The Bertz CT molecular complexity index is 338. The Hall–Kier alpha value is -1.46. The summed E-state index contributed by atoms with van der Waals surface area (Å²) in [6.07, 6.45) is 1.76. The van der Waals surface area contributed by atoms with Crippen LogP contribution in [-0.2, 0) is 4.74 Å². The molecule has 1 aliphatic rings. The molecule has 1 aliphatic heterocycles. The third kappa shape index (κ3) is 5.36. The Balaban J connectivity index is 2.45. The number of likely N-dealkylation sites (tertiary alicyclic amines) is 1. The Kier molecular flexibility index (Phi) is 5.03. The smallest absolute Gasteiger partial charge is 0.410 e. The van der Waals surface area contributed by atoms with Crippen molar-refractivity contribution in [2.75, 3.05) is 26.7 Å². The number of nitrogens with two attached hydrogens (primary N) is 1. The van der Waals surface area contributed by atoms with Crippen LogP contribution in [0.2, 0.25) is 0 Å². The molecule has 0 spiro atoms. The van der Waals surface area contributed by atoms with Crippen LogP contribution in [0.1, 0.15) is 33.6 Å². The fourth-order valence-corrected chi connectivity index (χ4v) is 2.23. The molecule has 1 atom stereocenters. The Morgan fingerprint density at radius 3 is 2.68 bits per heavy atom. The molecule has 1 fully saturated rings. The maximum absolute atomic E-state index is 11.9. The van der Waals surface area contributed by atoms with Gasteiger partial charge in [-0.15, -0.1) is 0 Å². The molecular weight excluding hydrogens is 244 g/mol. The summed E-state index contributed by atoms with van der Waals surface area (Å²) >= 11 is 0. The summed E-state index contributed by atoms with van der Waals surface area (Å²) in [5, 5.41) is 7.46. The Labute approximate surface area is 115 Å². The van der Waals surface area contributed by atoms with Gasteiger partial charge in [-0.3, -0.25) is 5.41 Å². The zero-order valence-electron chi connectivity index (χ0n) is 12.4. The Morgan fingerprint density at radius 2 is 2.16 bits per heavy atom. The number of rotatable bonds is 2. The fraction of sp³-hybridized carbons (Fsp3) is 0.846. The number of hydrogen-bond donors (Lipinski definition) is 2. The molecule has 0 saturated carbocycles. The zero-order chi connectivity index (χ0) is 14.6. The van der Waals surface area contributed by atoms with Crippen LogP contribution >= 0.6 is 0 Å². The maximum Gasteiger partial charge on any atom is 0.410 e. The van der Waals surface area contributed by atoms with Crippen LogP contribution in [-0.4, -0.2) is 54.1 Å². The van der Waals surface area contributed by atoms with Gasteiger partial charge in [0.15, 0.2) is 5.96 Å². The monoisotopic (exact) mass is 270 g/mol. The first-order valence-electron chi connectivity index (χ1n) is 6.72. The lowest BCUT2D eigenvalue weighted by atomic mass is 9.98. The van der Waals surface area contributed by atoms with Crippen molar-refractivity contribution in [1.29, 1.82) is 5.41 Å². The number of nitrogens with zero attached hydrogens (tertiary/aromatic N) is 2. The lowest BCUT2D eigenvalue weighted by molar-refractivity contribution is 0.0256. The summed E-state index contributed by atoms with van der Waals surface area (Å²) in [6.45, 7) is 7.79. The van der Waals surface area contributed by atoms with Crippen LogP contribution < -0.4 is 5.73 Å². The van der Waals surface area contributed by atoms with Gasteiger partial charge in [0.25, 0.3) is 0 Å². The van der Waals surface area contributed by atoms with Crippen molar-refractivity contribution >= 4 is 12.1 Å². The molecule has 0 radical (unpaired) electrons. The molecule has 1 heterocycles. The summed E-state index contributed by atoms with van der Waals surface area (Å²) < 4.78 is 5.32. The van der Waals surface area contributed by atoms with Crippen LogP contribution in [0, 0.1) is 11.3 Å². The molecule has 0 aromatic heterocycles. The van der Waals surface area contributed by atoms with Gasteiger partial charge in [0.05, 0.1) is 0 Å². The second-order valence-electron chi connectivity index (χ2n) is 6.20. The van der Waals surface area contributed by atoms with Crippen LogP contribution in [0.15, 0.2) is 0 Å². The van der Waals surface area contributed by atoms with Crippen molar-refractivity contribution < 1.29 is 9.53 Å². The van der Waals surface area contributed by atoms with E-state index in [-0.39, 0.29) is 12.1 Å². The number of ether oxygens (including phenoxy) is 1. The highest BCUT2D eigenvalue weighted by Crippen LogP contribution is 2.18. The number of carbonyl (C=O) groups excluding carboxylic acids is 1. The first-order chi connectivity index (χ1) is 8.69. The highest BCUT2D eigenvalue weighted by Gasteiger charge is 2.25. The van der Waals surface area contributed by atoms with Gasteiger partial charge in [-0.05, 0) is 39.5 Å². The highest BCUT2D eigenvalue weighted by molar-refractivity contribution is 5.74. The summed E-state index contributed by atoms with van der Waals surface area (Å²) in [5.74, 6) is 0.458. The lowest BCUT2D eigenvalue weighted by Gasteiger charge is -2.35. The molecule has 1 saturated heterocycles. The third-order valence-electron chi connectivity index (χ3n) is 3.10. The SMILES string of the molecule is CN(CC1CCCN(C(=N)N)C1)C(=O)OC(C)(C)C. The van der Waals surface area contributed by atoms with Gasteiger partial charge in [0.1, 0.15) is 5.60 Å². The van der Waals surface area contributed by atoms with Crippen molar-refractivity contribution in [3.63, 3.8) is 0 Å². The lowest BCUT2D eigenvalue weighted by Crippen LogP contribution is -2.47. The summed E-state index contributed by atoms with van der Waals surface area (Å²) in [6, 6.07) is 0. The molecular formula is C13H26N4O2. The van der Waals surface area contributed by atoms with Crippen LogP contribution in [0.4, 0.5) is 4.79 Å². The first-order valence-corrected chi connectivity index (χ1v) is 6.72. The van der Waals surface area contributed by atoms with Gasteiger partial charge in [0, 0.05) is 26.7 Å². The molecule has 0 aromatic rings. The van der Waals surface area contributed by atoms with Gasteiger partial charge >= 0.3 is 6.09 Å². The van der Waals surface area contributed by atoms with Gasteiger partial charge < -0.3 is 20.3 Å². The van der Waals surface area contributed by atoms with E-state index in [2.05, 4.69) is 0 Å². The van der Waals surface area contributed by atoms with Crippen LogP contribution in [0.25, 0.3) is 0 Å². The maximum atomic E-state index is 11.9. The average Bonchev–Trinajstić information content (AvgIpc) is 2.27. The number of hydrogen-bond acceptors (Lipinski definition) is 3. The summed E-state index contributed by atoms with van der Waals surface area (Å²) in [4.78, 5) is 15.3. The van der Waals surface area contributed by atoms with Gasteiger partial charge in [-0.1, -0.05) is 0 Å². The largest absolute Gasteiger partial charge is 0.444 e. The second-order valence-corrected chi connectivity index (χ2v) is 6.20. The molecule has 0 aliphatic carbocycles. The van der Waals surface area contributed by atoms with Crippen molar-refractivity contribution in [3.8, 4) is 0 Å². The molecule has 1 amide bonds. The van der Waals surface area contributed by atoms with E-state index in [0.717, 1.165) is 25.9 Å². The van der Waals surface area contributed by atoms with E-state index < -0.39 is 5.60 Å². The molecule has 1 unspecified atom stereocenters. The zero-order valence-corrected chi connectivity index (χ0v) is 12.4. The minimum absolute atomic E-state index is 0.115. The molecule has 0 aromatic carbocycles. The van der Waals surface area contributed by atoms with E-state index in [9.17, 15) is 4.79 Å². The number of guanidine groups is 1. The predicted molar refractivity (Wildman–Crippen MR) is 75.1 cm³/mol. The quantitative estimate of drug-likeness (QED) is 0.588. The molecule has 6 nitrogen and oxygen atoms in total. The van der Waals surface area contributed by atoms with Gasteiger partial charge in [-0.25, -0.2) is 4.79 Å². The third-order valence-corrected chi connectivity index (χ3v) is 3.10. The van der Waals surface area contributed by atoms with Gasteiger partial charge in [-0.2, -0.15) is 0 Å². The van der Waals surface area contributed by atoms with Crippen molar-refractivity contribution in [2.45, 2.75) is 39.2 Å². The van der Waals surface area contributed by atoms with E-state index in [1.807, 2.05) is 25.7 Å². The minimum Gasteiger partial charge on any atom is -0.444 e. The Morgan fingerprint density at radius 1 is 1.53 bits per heavy atom. The van der Waals surface area contributed by atoms with E-state index in [1.165, 1.54) is 0 Å². The average molecular weight is 270 g/mol. The number of carbonyl (C=O) groups is 1. The molecule has 110 valence electrons. The van der Waals surface area contributed by atoms with Crippen LogP contribution in [0.3, 0.4) is 0 Å². The van der Waals surface area contributed by atoms with E-state index in [4.69, 9.17) is 15.9 Å². The topological polar surface area (TPSA) is 82.7 Å². The minimum atomic E-state index is -0.469. The molecule has 6 heteroatoms. The fourth-order valence-electron chi connectivity index (χ4n) is 2.23.